The van der Waals surface area contributed by atoms with Gasteiger partial charge in [0, 0.05) is 41.5 Å². The lowest BCUT2D eigenvalue weighted by atomic mass is 10.0. The number of rotatable bonds is 6. The van der Waals surface area contributed by atoms with Crippen molar-refractivity contribution in [3.05, 3.63) is 70.1 Å². The highest BCUT2D eigenvalue weighted by molar-refractivity contribution is 6.36. The van der Waals surface area contributed by atoms with Gasteiger partial charge in [0.05, 0.1) is 11.9 Å². The summed E-state index contributed by atoms with van der Waals surface area (Å²) in [5.41, 5.74) is 2.74. The Morgan fingerprint density at radius 2 is 1.93 bits per heavy atom. The number of halogens is 2. The van der Waals surface area contributed by atoms with Gasteiger partial charge in [-0.15, -0.1) is 0 Å². The fraction of sp³-hybridized carbons (Fsp3) is 0.150. The van der Waals surface area contributed by atoms with Crippen molar-refractivity contribution in [2.45, 2.75) is 6.42 Å². The Kier molecular flexibility index (Phi) is 6.34. The van der Waals surface area contributed by atoms with E-state index in [9.17, 15) is 9.90 Å². The van der Waals surface area contributed by atoms with Crippen LogP contribution in [0.1, 0.15) is 11.1 Å². The molecule has 0 atom stereocenters. The van der Waals surface area contributed by atoms with Crippen molar-refractivity contribution in [1.29, 1.82) is 0 Å². The van der Waals surface area contributed by atoms with Crippen molar-refractivity contribution >= 4 is 29.1 Å². The van der Waals surface area contributed by atoms with Gasteiger partial charge in [0.2, 0.25) is 0 Å². The van der Waals surface area contributed by atoms with Gasteiger partial charge in [0.15, 0.2) is 6.61 Å². The molecule has 0 fully saturated rings. The second kappa shape index (κ2) is 8.91. The van der Waals surface area contributed by atoms with Gasteiger partial charge in [-0.25, -0.2) is 0 Å². The third kappa shape index (κ3) is 4.71. The number of carbonyl (C=O) groups is 1. The van der Waals surface area contributed by atoms with E-state index in [0.29, 0.717) is 39.0 Å². The molecule has 0 saturated carbocycles. The van der Waals surface area contributed by atoms with Crippen LogP contribution in [0.5, 0.6) is 11.5 Å². The number of benzene rings is 2. The van der Waals surface area contributed by atoms with E-state index in [1.807, 2.05) is 6.07 Å². The van der Waals surface area contributed by atoms with Crippen LogP contribution in [0.15, 0.2) is 48.9 Å². The van der Waals surface area contributed by atoms with E-state index in [2.05, 4.69) is 15.3 Å². The molecule has 0 aliphatic heterocycles. The third-order valence-electron chi connectivity index (χ3n) is 4.04. The summed E-state index contributed by atoms with van der Waals surface area (Å²) in [6.45, 7) is -0.123. The summed E-state index contributed by atoms with van der Waals surface area (Å²) in [6.07, 6.45) is 5.16. The lowest BCUT2D eigenvalue weighted by molar-refractivity contribution is -0.122. The van der Waals surface area contributed by atoms with Gasteiger partial charge in [-0.2, -0.15) is 0 Å². The molecular formula is C20H17Cl2N3O3. The van der Waals surface area contributed by atoms with E-state index in [4.69, 9.17) is 27.9 Å². The Balaban J connectivity index is 1.85. The minimum absolute atomic E-state index is 0.111. The zero-order valence-electron chi connectivity index (χ0n) is 14.9. The topological polar surface area (TPSA) is 84.3 Å². The summed E-state index contributed by atoms with van der Waals surface area (Å²) in [5, 5.41) is 13.5. The molecule has 28 heavy (non-hydrogen) atoms. The SMILES string of the molecule is CNC(=O)COc1cc(Cl)c(Cc2ccc(O)c(-c3cnccn3)c2)c(Cl)c1. The number of amides is 1. The number of ether oxygens (including phenoxy) is 1. The second-order valence-corrected chi connectivity index (χ2v) is 6.76. The molecule has 0 bridgehead atoms. The van der Waals surface area contributed by atoms with E-state index < -0.39 is 0 Å². The number of likely N-dealkylation sites (N-methyl/N-ethyl adjacent to an activating group) is 1. The zero-order chi connectivity index (χ0) is 20.1. The van der Waals surface area contributed by atoms with Crippen LogP contribution in [0.2, 0.25) is 10.0 Å². The first-order chi connectivity index (χ1) is 13.5. The third-order valence-corrected chi connectivity index (χ3v) is 4.72. The summed E-state index contributed by atoms with van der Waals surface area (Å²) >= 11 is 12.8. The number of carbonyl (C=O) groups excluding carboxylic acids is 1. The van der Waals surface area contributed by atoms with Crippen LogP contribution in [-0.2, 0) is 11.2 Å². The van der Waals surface area contributed by atoms with Crippen molar-refractivity contribution in [2.24, 2.45) is 0 Å². The molecule has 8 heteroatoms. The van der Waals surface area contributed by atoms with Crippen LogP contribution in [0.4, 0.5) is 0 Å². The largest absolute Gasteiger partial charge is 0.507 e. The van der Waals surface area contributed by atoms with Crippen molar-refractivity contribution in [2.75, 3.05) is 13.7 Å². The van der Waals surface area contributed by atoms with Crippen molar-refractivity contribution in [3.63, 3.8) is 0 Å². The summed E-state index contributed by atoms with van der Waals surface area (Å²) in [4.78, 5) is 19.6. The molecule has 0 saturated heterocycles. The van der Waals surface area contributed by atoms with E-state index in [1.54, 1.807) is 42.9 Å². The quantitative estimate of drug-likeness (QED) is 0.635. The molecule has 1 amide bonds. The number of phenolic OH excluding ortho intramolecular Hbond substituents is 1. The van der Waals surface area contributed by atoms with Crippen LogP contribution in [0, 0.1) is 0 Å². The maximum Gasteiger partial charge on any atom is 0.257 e. The molecule has 0 spiro atoms. The highest BCUT2D eigenvalue weighted by atomic mass is 35.5. The Hall–Kier alpha value is -2.83. The molecular weight excluding hydrogens is 401 g/mol. The molecule has 1 aromatic heterocycles. The Bertz CT molecular complexity index is 974. The van der Waals surface area contributed by atoms with Gasteiger partial charge in [-0.3, -0.25) is 14.8 Å². The van der Waals surface area contributed by atoms with Crippen molar-refractivity contribution < 1.29 is 14.6 Å². The fourth-order valence-corrected chi connectivity index (χ4v) is 3.19. The minimum Gasteiger partial charge on any atom is -0.507 e. The van der Waals surface area contributed by atoms with Crippen LogP contribution in [-0.4, -0.2) is 34.6 Å². The van der Waals surface area contributed by atoms with Gasteiger partial charge >= 0.3 is 0 Å². The Morgan fingerprint density at radius 1 is 1.18 bits per heavy atom. The smallest absolute Gasteiger partial charge is 0.257 e. The van der Waals surface area contributed by atoms with Crippen LogP contribution >= 0.6 is 23.2 Å². The lowest BCUT2D eigenvalue weighted by Gasteiger charge is -2.12. The zero-order valence-corrected chi connectivity index (χ0v) is 16.5. The summed E-state index contributed by atoms with van der Waals surface area (Å²) in [6, 6.07) is 8.45. The number of aromatic hydroxyl groups is 1. The number of phenols is 1. The van der Waals surface area contributed by atoms with Crippen molar-refractivity contribution in [3.8, 4) is 22.8 Å². The van der Waals surface area contributed by atoms with Gasteiger partial charge in [-0.1, -0.05) is 29.3 Å². The van der Waals surface area contributed by atoms with Crippen LogP contribution in [0.25, 0.3) is 11.3 Å². The fourth-order valence-electron chi connectivity index (χ4n) is 2.59. The standard InChI is InChI=1S/C20H17Cl2N3O3/c1-23-20(27)11-28-13-8-16(21)14(17(22)9-13)6-12-2-3-19(26)15(7-12)18-10-24-4-5-25-18/h2-5,7-10,26H,6,11H2,1H3,(H,23,27). The molecule has 144 valence electrons. The normalized spacial score (nSPS) is 10.5. The van der Waals surface area contributed by atoms with E-state index in [-0.39, 0.29) is 18.3 Å². The van der Waals surface area contributed by atoms with Gasteiger partial charge in [0.25, 0.3) is 5.91 Å². The first-order valence-corrected chi connectivity index (χ1v) is 9.13. The maximum absolute atomic E-state index is 11.3. The van der Waals surface area contributed by atoms with E-state index >= 15 is 0 Å². The van der Waals surface area contributed by atoms with Crippen molar-refractivity contribution in [1.82, 2.24) is 15.3 Å². The monoisotopic (exact) mass is 417 g/mol. The molecule has 6 nitrogen and oxygen atoms in total. The van der Waals surface area contributed by atoms with Gasteiger partial charge in [0.1, 0.15) is 11.5 Å². The molecule has 3 rings (SSSR count). The van der Waals surface area contributed by atoms with Crippen LogP contribution in [0.3, 0.4) is 0 Å². The molecule has 0 radical (unpaired) electrons. The predicted molar refractivity (Wildman–Crippen MR) is 108 cm³/mol. The molecule has 0 aliphatic rings. The highest BCUT2D eigenvalue weighted by Gasteiger charge is 2.13. The van der Waals surface area contributed by atoms with Gasteiger partial charge in [-0.05, 0) is 35.4 Å². The molecule has 0 aliphatic carbocycles. The number of nitrogens with one attached hydrogen (secondary N) is 1. The predicted octanol–water partition coefficient (Wildman–Crippen LogP) is 3.87. The summed E-state index contributed by atoms with van der Waals surface area (Å²) in [5.74, 6) is 0.268. The minimum atomic E-state index is -0.253. The van der Waals surface area contributed by atoms with E-state index in [0.717, 1.165) is 5.56 Å². The lowest BCUT2D eigenvalue weighted by Crippen LogP contribution is -2.24. The molecule has 1 heterocycles. The molecule has 3 aromatic rings. The molecule has 2 aromatic carbocycles. The molecule has 2 N–H and O–H groups in total. The Morgan fingerprint density at radius 3 is 2.57 bits per heavy atom. The number of hydrogen-bond acceptors (Lipinski definition) is 5. The first-order valence-electron chi connectivity index (χ1n) is 8.37. The average Bonchev–Trinajstić information content (AvgIpc) is 2.70. The summed E-state index contributed by atoms with van der Waals surface area (Å²) in [7, 11) is 1.53. The number of aromatic nitrogens is 2. The second-order valence-electron chi connectivity index (χ2n) is 5.95. The first kappa shape index (κ1) is 19.9. The molecule has 0 unspecified atom stereocenters. The number of nitrogens with zero attached hydrogens (tertiary/aromatic N) is 2. The average molecular weight is 418 g/mol. The van der Waals surface area contributed by atoms with Crippen LogP contribution < -0.4 is 10.1 Å². The van der Waals surface area contributed by atoms with E-state index in [1.165, 1.54) is 7.05 Å². The maximum atomic E-state index is 11.3. The number of hydrogen-bond donors (Lipinski definition) is 2. The Labute approximate surface area is 172 Å². The highest BCUT2D eigenvalue weighted by Crippen LogP contribution is 2.34. The van der Waals surface area contributed by atoms with Gasteiger partial charge < -0.3 is 15.2 Å². The summed E-state index contributed by atoms with van der Waals surface area (Å²) < 4.78 is 5.39.